The third kappa shape index (κ3) is 3.27. The van der Waals surface area contributed by atoms with Crippen LogP contribution in [0, 0.1) is 0 Å². The normalized spacial score (nSPS) is 27.3. The Morgan fingerprint density at radius 2 is 2.29 bits per heavy atom. The topological polar surface area (TPSA) is 62.7 Å². The predicted octanol–water partition coefficient (Wildman–Crippen LogP) is 1.91. The first-order valence-corrected chi connectivity index (χ1v) is 8.49. The van der Waals surface area contributed by atoms with Gasteiger partial charge in [-0.3, -0.25) is 9.69 Å². The number of nitrogens with zero attached hydrogens (tertiary/aromatic N) is 2. The fraction of sp³-hybridized carbons (Fsp3) is 0.733. The highest BCUT2D eigenvalue weighted by atomic mass is 32.1. The number of esters is 1. The van der Waals surface area contributed by atoms with Crippen molar-refractivity contribution in [1.82, 2.24) is 9.88 Å². The second-order valence-electron chi connectivity index (χ2n) is 6.02. The van der Waals surface area contributed by atoms with E-state index in [1.807, 2.05) is 4.90 Å². The molecular weight excluding hydrogens is 288 g/mol. The summed E-state index contributed by atoms with van der Waals surface area (Å²) in [5.74, 6) is 0.363. The quantitative estimate of drug-likeness (QED) is 0.861. The Labute approximate surface area is 128 Å². The number of hydrogen-bond acceptors (Lipinski definition) is 6. The molecule has 2 heterocycles. The van der Waals surface area contributed by atoms with E-state index in [1.165, 1.54) is 37.8 Å². The minimum Gasteiger partial charge on any atom is -0.468 e. The summed E-state index contributed by atoms with van der Waals surface area (Å²) in [5, 5.41) is 13.1. The number of aliphatic hydroxyl groups is 1. The van der Waals surface area contributed by atoms with Gasteiger partial charge in [0.25, 0.3) is 0 Å². The maximum absolute atomic E-state index is 11.8. The lowest BCUT2D eigenvalue weighted by Gasteiger charge is -2.20. The Bertz CT molecular complexity index is 499. The average Bonchev–Trinajstić information content (AvgIpc) is 3.18. The van der Waals surface area contributed by atoms with Crippen molar-refractivity contribution in [3.8, 4) is 0 Å². The minimum atomic E-state index is -0.456. The van der Waals surface area contributed by atoms with Crippen LogP contribution in [0.25, 0.3) is 0 Å². The van der Waals surface area contributed by atoms with E-state index in [0.717, 1.165) is 5.69 Å². The lowest BCUT2D eigenvalue weighted by Crippen LogP contribution is -2.36. The summed E-state index contributed by atoms with van der Waals surface area (Å²) in [4.78, 5) is 18.5. The summed E-state index contributed by atoms with van der Waals surface area (Å²) >= 11 is 1.73. The van der Waals surface area contributed by atoms with E-state index in [9.17, 15) is 9.90 Å². The smallest absolute Gasteiger partial charge is 0.323 e. The number of thiazole rings is 1. The van der Waals surface area contributed by atoms with Gasteiger partial charge in [-0.15, -0.1) is 11.3 Å². The lowest BCUT2D eigenvalue weighted by molar-refractivity contribution is -0.146. The summed E-state index contributed by atoms with van der Waals surface area (Å²) in [6.45, 7) is 1.12. The summed E-state index contributed by atoms with van der Waals surface area (Å²) in [5.41, 5.74) is 1.00. The molecule has 1 aliphatic carbocycles. The fourth-order valence-corrected chi connectivity index (χ4v) is 4.38. The molecule has 2 atom stereocenters. The number of likely N-dealkylation sites (tertiary alicyclic amines) is 1. The molecule has 5 nitrogen and oxygen atoms in total. The van der Waals surface area contributed by atoms with Gasteiger partial charge in [0.2, 0.25) is 0 Å². The van der Waals surface area contributed by atoms with E-state index in [2.05, 4.69) is 5.38 Å². The summed E-state index contributed by atoms with van der Waals surface area (Å²) in [6, 6.07) is -0.346. The first-order valence-electron chi connectivity index (χ1n) is 7.61. The van der Waals surface area contributed by atoms with Crippen molar-refractivity contribution in [2.24, 2.45) is 0 Å². The first kappa shape index (κ1) is 14.9. The Morgan fingerprint density at radius 3 is 3.00 bits per heavy atom. The van der Waals surface area contributed by atoms with E-state index >= 15 is 0 Å². The van der Waals surface area contributed by atoms with Crippen LogP contribution in [0.2, 0.25) is 0 Å². The Kier molecular flexibility index (Phi) is 4.57. The minimum absolute atomic E-state index is 0.266. The van der Waals surface area contributed by atoms with Crippen molar-refractivity contribution >= 4 is 17.3 Å². The van der Waals surface area contributed by atoms with Gasteiger partial charge in [-0.1, -0.05) is 12.8 Å². The van der Waals surface area contributed by atoms with Gasteiger partial charge < -0.3 is 9.84 Å². The molecular formula is C15H22N2O3S. The van der Waals surface area contributed by atoms with Crippen molar-refractivity contribution in [2.45, 2.75) is 56.7 Å². The monoisotopic (exact) mass is 310 g/mol. The van der Waals surface area contributed by atoms with Gasteiger partial charge in [0.05, 0.1) is 23.9 Å². The molecule has 116 valence electrons. The zero-order chi connectivity index (χ0) is 14.8. The first-order chi connectivity index (χ1) is 10.2. The van der Waals surface area contributed by atoms with E-state index in [4.69, 9.17) is 9.72 Å². The highest BCUT2D eigenvalue weighted by Gasteiger charge is 2.37. The molecule has 0 spiro atoms. The third-order valence-electron chi connectivity index (χ3n) is 4.49. The highest BCUT2D eigenvalue weighted by molar-refractivity contribution is 7.09. The maximum Gasteiger partial charge on any atom is 0.323 e. The van der Waals surface area contributed by atoms with Gasteiger partial charge >= 0.3 is 5.97 Å². The lowest BCUT2D eigenvalue weighted by atomic mass is 10.1. The third-order valence-corrected chi connectivity index (χ3v) is 5.55. The number of β-amino-alcohol motifs (C(OH)–C–C–N with tert-alkyl or cyclic N) is 1. The van der Waals surface area contributed by atoms with E-state index in [0.29, 0.717) is 25.4 Å². The van der Waals surface area contributed by atoms with Gasteiger partial charge in [0.15, 0.2) is 0 Å². The summed E-state index contributed by atoms with van der Waals surface area (Å²) < 4.78 is 4.83. The molecule has 0 radical (unpaired) electrons. The Morgan fingerprint density at radius 1 is 1.52 bits per heavy atom. The Balaban J connectivity index is 1.66. The van der Waals surface area contributed by atoms with Crippen molar-refractivity contribution in [3.63, 3.8) is 0 Å². The molecule has 0 bridgehead atoms. The van der Waals surface area contributed by atoms with Crippen LogP contribution in [-0.4, -0.2) is 46.8 Å². The summed E-state index contributed by atoms with van der Waals surface area (Å²) in [7, 11) is 1.40. The summed E-state index contributed by atoms with van der Waals surface area (Å²) in [6.07, 6.45) is 5.11. The SMILES string of the molecule is COC(=O)[C@@H]1C[C@@H](O)CN1Cc1csc(C2CCCC2)n1. The number of aromatic nitrogens is 1. The number of rotatable bonds is 4. The van der Waals surface area contributed by atoms with Crippen LogP contribution in [0.3, 0.4) is 0 Å². The number of hydrogen-bond donors (Lipinski definition) is 1. The predicted molar refractivity (Wildman–Crippen MR) is 80.2 cm³/mol. The maximum atomic E-state index is 11.8. The number of carbonyl (C=O) groups excluding carboxylic acids is 1. The van der Waals surface area contributed by atoms with Gasteiger partial charge in [0.1, 0.15) is 6.04 Å². The molecule has 1 aromatic heterocycles. The van der Waals surface area contributed by atoms with Crippen LogP contribution in [0.4, 0.5) is 0 Å². The van der Waals surface area contributed by atoms with Crippen LogP contribution >= 0.6 is 11.3 Å². The van der Waals surface area contributed by atoms with Gasteiger partial charge in [0, 0.05) is 30.8 Å². The molecule has 2 fully saturated rings. The molecule has 3 rings (SSSR count). The highest BCUT2D eigenvalue weighted by Crippen LogP contribution is 2.36. The second-order valence-corrected chi connectivity index (χ2v) is 6.91. The zero-order valence-corrected chi connectivity index (χ0v) is 13.1. The number of methoxy groups -OCH3 is 1. The van der Waals surface area contributed by atoms with Gasteiger partial charge in [-0.25, -0.2) is 4.98 Å². The van der Waals surface area contributed by atoms with Crippen LogP contribution in [0.1, 0.15) is 48.7 Å². The van der Waals surface area contributed by atoms with E-state index in [-0.39, 0.29) is 12.0 Å². The van der Waals surface area contributed by atoms with Crippen molar-refractivity contribution in [3.05, 3.63) is 16.1 Å². The van der Waals surface area contributed by atoms with Crippen LogP contribution in [-0.2, 0) is 16.1 Å². The standard InChI is InChI=1S/C15H22N2O3S/c1-20-15(19)13-6-12(18)8-17(13)7-11-9-21-14(16-11)10-4-2-3-5-10/h9-10,12-13,18H,2-8H2,1H3/t12-,13+/m1/s1. The Hall–Kier alpha value is -0.980. The van der Waals surface area contributed by atoms with E-state index in [1.54, 1.807) is 11.3 Å². The molecule has 6 heteroatoms. The number of aliphatic hydroxyl groups excluding tert-OH is 1. The van der Waals surface area contributed by atoms with Crippen molar-refractivity contribution < 1.29 is 14.6 Å². The van der Waals surface area contributed by atoms with E-state index < -0.39 is 6.10 Å². The molecule has 1 saturated carbocycles. The molecule has 0 unspecified atom stereocenters. The molecule has 1 N–H and O–H groups in total. The molecule has 2 aliphatic rings. The molecule has 0 amide bonds. The van der Waals surface area contributed by atoms with Gasteiger partial charge in [-0.05, 0) is 12.8 Å². The second kappa shape index (κ2) is 6.42. The van der Waals surface area contributed by atoms with Crippen molar-refractivity contribution in [2.75, 3.05) is 13.7 Å². The van der Waals surface area contributed by atoms with Crippen LogP contribution < -0.4 is 0 Å². The number of ether oxygens (including phenoxy) is 1. The molecule has 0 aromatic carbocycles. The molecule has 1 aliphatic heterocycles. The molecule has 1 aromatic rings. The number of carbonyl (C=O) groups is 1. The van der Waals surface area contributed by atoms with Crippen LogP contribution in [0.15, 0.2) is 5.38 Å². The average molecular weight is 310 g/mol. The van der Waals surface area contributed by atoms with Crippen LogP contribution in [0.5, 0.6) is 0 Å². The largest absolute Gasteiger partial charge is 0.468 e. The molecule has 1 saturated heterocycles. The zero-order valence-electron chi connectivity index (χ0n) is 12.3. The fourth-order valence-electron chi connectivity index (χ4n) is 3.40. The van der Waals surface area contributed by atoms with Crippen molar-refractivity contribution in [1.29, 1.82) is 0 Å². The molecule has 21 heavy (non-hydrogen) atoms. The van der Waals surface area contributed by atoms with Gasteiger partial charge in [-0.2, -0.15) is 0 Å².